The van der Waals surface area contributed by atoms with Crippen LogP contribution < -0.4 is 0 Å². The van der Waals surface area contributed by atoms with Gasteiger partial charge in [0, 0.05) is 0 Å². The van der Waals surface area contributed by atoms with Gasteiger partial charge in [-0.25, -0.2) is 4.98 Å². The van der Waals surface area contributed by atoms with Crippen molar-refractivity contribution in [1.29, 1.82) is 0 Å². The van der Waals surface area contributed by atoms with E-state index in [2.05, 4.69) is 15.2 Å². The first-order chi connectivity index (χ1) is 7.45. The number of H-pyrrole nitrogens is 1. The van der Waals surface area contributed by atoms with Crippen molar-refractivity contribution >= 4 is 7.60 Å². The maximum Gasteiger partial charge on any atom is 0.357 e. The number of nitrogens with one attached hydrogen (secondary N) is 1. The van der Waals surface area contributed by atoms with Crippen molar-refractivity contribution in [3.63, 3.8) is 0 Å². The molecular weight excluding hydrogens is 233 g/mol. The summed E-state index contributed by atoms with van der Waals surface area (Å²) in [6, 6.07) is 0. The van der Waals surface area contributed by atoms with Gasteiger partial charge in [0.1, 0.15) is 18.8 Å². The van der Waals surface area contributed by atoms with Crippen molar-refractivity contribution in [3.8, 4) is 0 Å². The summed E-state index contributed by atoms with van der Waals surface area (Å²) in [4.78, 5) is 22.4. The predicted octanol–water partition coefficient (Wildman–Crippen LogP) is 1.02. The normalized spacial score (nSPS) is 13.0. The van der Waals surface area contributed by atoms with Gasteiger partial charge in [-0.3, -0.25) is 9.66 Å². The molecule has 1 aromatic rings. The molecule has 1 rings (SSSR count). The van der Waals surface area contributed by atoms with E-state index in [0.29, 0.717) is 5.82 Å². The Labute approximate surface area is 93.4 Å². The second-order valence-electron chi connectivity index (χ2n) is 3.42. The maximum atomic E-state index is 11.4. The van der Waals surface area contributed by atoms with E-state index < -0.39 is 12.9 Å². The number of hydrogen-bond acceptors (Lipinski definition) is 4. The molecule has 7 nitrogen and oxygen atoms in total. The second-order valence-corrected chi connectivity index (χ2v) is 5.32. The highest BCUT2D eigenvalue weighted by Gasteiger charge is 2.45. The van der Waals surface area contributed by atoms with Gasteiger partial charge in [0.2, 0.25) is 0 Å². The molecule has 0 saturated carbocycles. The molecule has 0 radical (unpaired) electrons. The Balaban J connectivity index is 2.76. The SMILES string of the molecule is CCC(CC)(OCc1ncn[nH]1)P(=O)(O)O. The van der Waals surface area contributed by atoms with Crippen LogP contribution in [0.1, 0.15) is 32.5 Å². The molecule has 8 heteroatoms. The number of ether oxygens (including phenoxy) is 1. The molecule has 0 unspecified atom stereocenters. The summed E-state index contributed by atoms with van der Waals surface area (Å²) in [6.07, 6.45) is 1.79. The molecule has 3 N–H and O–H groups in total. The van der Waals surface area contributed by atoms with E-state index >= 15 is 0 Å². The van der Waals surface area contributed by atoms with Gasteiger partial charge in [-0.2, -0.15) is 5.10 Å². The van der Waals surface area contributed by atoms with Gasteiger partial charge < -0.3 is 14.5 Å². The first-order valence-corrected chi connectivity index (χ1v) is 6.60. The molecule has 0 amide bonds. The van der Waals surface area contributed by atoms with Gasteiger partial charge in [0.25, 0.3) is 0 Å². The largest absolute Gasteiger partial charge is 0.357 e. The standard InChI is InChI=1S/C8H16N3O4P/c1-3-8(4-2,16(12,13)14)15-5-7-9-6-10-11-7/h6H,3-5H2,1-2H3,(H,9,10,11)(H2,12,13,14). The molecule has 0 bridgehead atoms. The fourth-order valence-electron chi connectivity index (χ4n) is 1.45. The van der Waals surface area contributed by atoms with E-state index in [4.69, 9.17) is 4.74 Å². The van der Waals surface area contributed by atoms with Crippen LogP contribution in [0, 0.1) is 0 Å². The summed E-state index contributed by atoms with van der Waals surface area (Å²) < 4.78 is 16.7. The molecule has 1 aromatic heterocycles. The molecule has 0 spiro atoms. The number of rotatable bonds is 6. The number of nitrogens with zero attached hydrogens (tertiary/aromatic N) is 2. The van der Waals surface area contributed by atoms with Crippen LogP contribution in [0.25, 0.3) is 0 Å². The Kier molecular flexibility index (Phi) is 4.21. The Morgan fingerprint density at radius 2 is 2.12 bits per heavy atom. The zero-order valence-electron chi connectivity index (χ0n) is 9.25. The first kappa shape index (κ1) is 13.3. The lowest BCUT2D eigenvalue weighted by molar-refractivity contribution is -0.0204. The zero-order chi connectivity index (χ0) is 12.2. The Hall–Kier alpha value is -0.750. The van der Waals surface area contributed by atoms with Crippen molar-refractivity contribution in [2.75, 3.05) is 0 Å². The van der Waals surface area contributed by atoms with Gasteiger partial charge in [-0.1, -0.05) is 13.8 Å². The second kappa shape index (κ2) is 5.05. The van der Waals surface area contributed by atoms with Gasteiger partial charge >= 0.3 is 7.60 Å². The maximum absolute atomic E-state index is 11.4. The Morgan fingerprint density at radius 3 is 2.50 bits per heavy atom. The third-order valence-electron chi connectivity index (χ3n) is 2.58. The van der Waals surface area contributed by atoms with Crippen LogP contribution in [-0.2, 0) is 15.9 Å². The minimum atomic E-state index is -4.31. The first-order valence-electron chi connectivity index (χ1n) is 4.99. The van der Waals surface area contributed by atoms with Crippen molar-refractivity contribution < 1.29 is 19.1 Å². The summed E-state index contributed by atoms with van der Waals surface area (Å²) in [7, 11) is -4.31. The van der Waals surface area contributed by atoms with E-state index in [-0.39, 0.29) is 19.4 Å². The minimum Gasteiger partial charge on any atom is -0.354 e. The van der Waals surface area contributed by atoms with Gasteiger partial charge in [0.05, 0.1) is 0 Å². The van der Waals surface area contributed by atoms with Gasteiger partial charge in [-0.05, 0) is 12.8 Å². The number of aromatic amines is 1. The summed E-state index contributed by atoms with van der Waals surface area (Å²) >= 11 is 0. The van der Waals surface area contributed by atoms with Crippen LogP contribution in [0.3, 0.4) is 0 Å². The third-order valence-corrected chi connectivity index (χ3v) is 4.40. The highest BCUT2D eigenvalue weighted by molar-refractivity contribution is 7.53. The van der Waals surface area contributed by atoms with Crippen molar-refractivity contribution in [2.24, 2.45) is 0 Å². The lowest BCUT2D eigenvalue weighted by Crippen LogP contribution is -2.31. The molecular formula is C8H16N3O4P. The molecule has 1 heterocycles. The summed E-state index contributed by atoms with van der Waals surface area (Å²) in [6.45, 7) is 3.37. The average molecular weight is 249 g/mol. The van der Waals surface area contributed by atoms with E-state index in [9.17, 15) is 14.4 Å². The molecule has 0 aliphatic heterocycles. The summed E-state index contributed by atoms with van der Waals surface area (Å²) in [5.74, 6) is 0.444. The Bertz CT molecular complexity index is 357. The van der Waals surface area contributed by atoms with E-state index in [1.807, 2.05) is 0 Å². The highest BCUT2D eigenvalue weighted by Crippen LogP contribution is 2.55. The number of hydrogen-bond donors (Lipinski definition) is 3. The monoisotopic (exact) mass is 249 g/mol. The van der Waals surface area contributed by atoms with Crippen LogP contribution in [0.15, 0.2) is 6.33 Å². The van der Waals surface area contributed by atoms with Gasteiger partial charge in [-0.15, -0.1) is 0 Å². The third kappa shape index (κ3) is 2.68. The van der Waals surface area contributed by atoms with Crippen LogP contribution >= 0.6 is 7.60 Å². The fourth-order valence-corrected chi connectivity index (χ4v) is 2.51. The smallest absolute Gasteiger partial charge is 0.354 e. The van der Waals surface area contributed by atoms with Crippen LogP contribution in [0.4, 0.5) is 0 Å². The van der Waals surface area contributed by atoms with Crippen molar-refractivity contribution in [3.05, 3.63) is 12.2 Å². The molecule has 0 atom stereocenters. The van der Waals surface area contributed by atoms with Crippen molar-refractivity contribution in [1.82, 2.24) is 15.2 Å². The highest BCUT2D eigenvalue weighted by atomic mass is 31.2. The van der Waals surface area contributed by atoms with E-state index in [1.54, 1.807) is 13.8 Å². The van der Waals surface area contributed by atoms with Crippen LogP contribution in [-0.4, -0.2) is 30.3 Å². The number of aromatic nitrogens is 3. The summed E-state index contributed by atoms with van der Waals surface area (Å²) in [5.41, 5.74) is 0. The molecule has 0 aliphatic rings. The minimum absolute atomic E-state index is 0.00674. The molecule has 16 heavy (non-hydrogen) atoms. The molecule has 92 valence electrons. The van der Waals surface area contributed by atoms with Crippen LogP contribution in [0.2, 0.25) is 0 Å². The molecule has 0 aromatic carbocycles. The quantitative estimate of drug-likeness (QED) is 0.649. The van der Waals surface area contributed by atoms with E-state index in [1.165, 1.54) is 6.33 Å². The van der Waals surface area contributed by atoms with E-state index in [0.717, 1.165) is 0 Å². The lowest BCUT2D eigenvalue weighted by atomic mass is 10.2. The molecule has 0 aliphatic carbocycles. The Morgan fingerprint density at radius 1 is 1.50 bits per heavy atom. The average Bonchev–Trinajstić information content (AvgIpc) is 2.71. The zero-order valence-corrected chi connectivity index (χ0v) is 10.1. The fraction of sp³-hybridized carbons (Fsp3) is 0.750. The molecule has 0 saturated heterocycles. The topological polar surface area (TPSA) is 108 Å². The molecule has 0 fully saturated rings. The lowest BCUT2D eigenvalue weighted by Gasteiger charge is -2.31. The van der Waals surface area contributed by atoms with Gasteiger partial charge in [0.15, 0.2) is 5.34 Å². The predicted molar refractivity (Wildman–Crippen MR) is 56.5 cm³/mol. The van der Waals surface area contributed by atoms with Crippen molar-refractivity contribution in [2.45, 2.75) is 38.6 Å². The summed E-state index contributed by atoms with van der Waals surface area (Å²) in [5, 5.41) is 4.77. The van der Waals surface area contributed by atoms with Crippen LogP contribution in [0.5, 0.6) is 0 Å².